The Kier molecular flexibility index (Phi) is 4.43. The molecule has 25 heavy (non-hydrogen) atoms. The molecule has 1 fully saturated rings. The number of ether oxygens (including phenoxy) is 1. The van der Waals surface area contributed by atoms with E-state index in [1.54, 1.807) is 12.4 Å². The van der Waals surface area contributed by atoms with E-state index in [1.165, 1.54) is 6.42 Å². The van der Waals surface area contributed by atoms with E-state index in [0.717, 1.165) is 30.2 Å². The van der Waals surface area contributed by atoms with Gasteiger partial charge in [-0.3, -0.25) is 14.5 Å². The first-order valence-electron chi connectivity index (χ1n) is 8.59. The van der Waals surface area contributed by atoms with Crippen molar-refractivity contribution in [3.05, 3.63) is 54.6 Å². The summed E-state index contributed by atoms with van der Waals surface area (Å²) in [6, 6.07) is 9.62. The van der Waals surface area contributed by atoms with Gasteiger partial charge in [0.1, 0.15) is 5.69 Å². The Morgan fingerprint density at radius 1 is 1.28 bits per heavy atom. The third-order valence-electron chi connectivity index (χ3n) is 4.44. The van der Waals surface area contributed by atoms with Gasteiger partial charge in [0.15, 0.2) is 0 Å². The zero-order valence-electron chi connectivity index (χ0n) is 13.9. The maximum Gasteiger partial charge on any atom is 0.274 e. The number of anilines is 1. The van der Waals surface area contributed by atoms with E-state index < -0.39 is 0 Å². The molecular weight excluding hydrogens is 316 g/mol. The fourth-order valence-corrected chi connectivity index (χ4v) is 3.18. The molecular formula is C19H20N4O2. The smallest absolute Gasteiger partial charge is 0.274 e. The Bertz CT molecular complexity index is 879. The number of nitrogens with zero attached hydrogens (tertiary/aromatic N) is 3. The molecule has 1 saturated heterocycles. The maximum absolute atomic E-state index is 12.6. The Hall–Kier alpha value is -2.73. The Labute approximate surface area is 145 Å². The van der Waals surface area contributed by atoms with Crippen LogP contribution in [0.5, 0.6) is 0 Å². The summed E-state index contributed by atoms with van der Waals surface area (Å²) in [5, 5.41) is 9.04. The molecule has 1 amide bonds. The van der Waals surface area contributed by atoms with Gasteiger partial charge in [-0.1, -0.05) is 24.3 Å². The van der Waals surface area contributed by atoms with Gasteiger partial charge in [0, 0.05) is 24.4 Å². The lowest BCUT2D eigenvalue weighted by atomic mass is 10.1. The second kappa shape index (κ2) is 7.03. The van der Waals surface area contributed by atoms with E-state index in [4.69, 9.17) is 4.74 Å². The SMILES string of the molecule is O=C(Nc1cnn(CC2CCCCO2)c1)c1nccc2ccccc12. The highest BCUT2D eigenvalue weighted by Gasteiger charge is 2.16. The number of nitrogens with one attached hydrogen (secondary N) is 1. The minimum Gasteiger partial charge on any atom is -0.376 e. The van der Waals surface area contributed by atoms with Crippen molar-refractivity contribution in [3.63, 3.8) is 0 Å². The van der Waals surface area contributed by atoms with E-state index in [2.05, 4.69) is 15.4 Å². The van der Waals surface area contributed by atoms with E-state index >= 15 is 0 Å². The third-order valence-corrected chi connectivity index (χ3v) is 4.44. The standard InChI is InChI=1S/C19H20N4O2/c24-19(18-17-7-2-1-5-14(17)8-9-20-18)22-15-11-21-23(12-15)13-16-6-3-4-10-25-16/h1-2,5,7-9,11-12,16H,3-4,6,10,13H2,(H,22,24). The number of amides is 1. The minimum absolute atomic E-state index is 0.205. The van der Waals surface area contributed by atoms with Crippen molar-refractivity contribution in [2.24, 2.45) is 0 Å². The maximum atomic E-state index is 12.6. The van der Waals surface area contributed by atoms with E-state index in [1.807, 2.05) is 41.2 Å². The molecule has 0 radical (unpaired) electrons. The average Bonchev–Trinajstić information content (AvgIpc) is 3.09. The second-order valence-corrected chi connectivity index (χ2v) is 6.27. The summed E-state index contributed by atoms with van der Waals surface area (Å²) in [7, 11) is 0. The molecule has 0 spiro atoms. The zero-order chi connectivity index (χ0) is 17.1. The first kappa shape index (κ1) is 15.8. The number of hydrogen-bond acceptors (Lipinski definition) is 4. The zero-order valence-corrected chi connectivity index (χ0v) is 13.9. The predicted octanol–water partition coefficient (Wildman–Crippen LogP) is 3.25. The fraction of sp³-hybridized carbons (Fsp3) is 0.316. The van der Waals surface area contributed by atoms with Gasteiger partial charge < -0.3 is 10.1 Å². The van der Waals surface area contributed by atoms with Crippen LogP contribution in [0.3, 0.4) is 0 Å². The summed E-state index contributed by atoms with van der Waals surface area (Å²) in [5.74, 6) is -0.231. The van der Waals surface area contributed by atoms with Crippen LogP contribution in [0.2, 0.25) is 0 Å². The lowest BCUT2D eigenvalue weighted by Gasteiger charge is -2.22. The van der Waals surface area contributed by atoms with Crippen LogP contribution in [-0.4, -0.2) is 33.4 Å². The first-order valence-corrected chi connectivity index (χ1v) is 8.59. The van der Waals surface area contributed by atoms with Gasteiger partial charge in [-0.2, -0.15) is 5.10 Å². The number of aromatic nitrogens is 3. The van der Waals surface area contributed by atoms with Crippen molar-refractivity contribution in [2.75, 3.05) is 11.9 Å². The van der Waals surface area contributed by atoms with Crippen molar-refractivity contribution in [3.8, 4) is 0 Å². The number of hydrogen-bond donors (Lipinski definition) is 1. The quantitative estimate of drug-likeness (QED) is 0.794. The molecule has 6 nitrogen and oxygen atoms in total. The average molecular weight is 336 g/mol. The van der Waals surface area contributed by atoms with Crippen molar-refractivity contribution >= 4 is 22.4 Å². The molecule has 1 N–H and O–H groups in total. The number of carbonyl (C=O) groups excluding carboxylic acids is 1. The van der Waals surface area contributed by atoms with Crippen molar-refractivity contribution in [2.45, 2.75) is 31.9 Å². The van der Waals surface area contributed by atoms with Crippen LogP contribution in [0, 0.1) is 0 Å². The highest BCUT2D eigenvalue weighted by atomic mass is 16.5. The summed E-state index contributed by atoms with van der Waals surface area (Å²) in [6.45, 7) is 1.53. The van der Waals surface area contributed by atoms with E-state index in [0.29, 0.717) is 17.9 Å². The lowest BCUT2D eigenvalue weighted by molar-refractivity contribution is 0.00401. The van der Waals surface area contributed by atoms with Crippen LogP contribution < -0.4 is 5.32 Å². The number of benzene rings is 1. The molecule has 3 heterocycles. The molecule has 4 rings (SSSR count). The predicted molar refractivity (Wildman–Crippen MR) is 95.5 cm³/mol. The largest absolute Gasteiger partial charge is 0.376 e. The molecule has 0 aliphatic carbocycles. The summed E-state index contributed by atoms with van der Waals surface area (Å²) in [5.41, 5.74) is 1.08. The van der Waals surface area contributed by atoms with Crippen LogP contribution in [0.4, 0.5) is 5.69 Å². The number of fused-ring (bicyclic) bond motifs is 1. The molecule has 1 unspecified atom stereocenters. The fourth-order valence-electron chi connectivity index (χ4n) is 3.18. The van der Waals surface area contributed by atoms with Crippen molar-refractivity contribution in [1.82, 2.24) is 14.8 Å². The molecule has 0 saturated carbocycles. The minimum atomic E-state index is -0.231. The molecule has 1 aromatic carbocycles. The van der Waals surface area contributed by atoms with Crippen LogP contribution in [0.15, 0.2) is 48.9 Å². The van der Waals surface area contributed by atoms with Crippen LogP contribution in [-0.2, 0) is 11.3 Å². The number of carbonyl (C=O) groups is 1. The summed E-state index contributed by atoms with van der Waals surface area (Å²) >= 11 is 0. The first-order chi connectivity index (χ1) is 12.3. The molecule has 1 atom stereocenters. The van der Waals surface area contributed by atoms with Crippen LogP contribution in [0.25, 0.3) is 10.8 Å². The lowest BCUT2D eigenvalue weighted by Crippen LogP contribution is -2.24. The molecule has 128 valence electrons. The van der Waals surface area contributed by atoms with Gasteiger partial charge >= 0.3 is 0 Å². The topological polar surface area (TPSA) is 69.0 Å². The number of pyridine rings is 1. The third kappa shape index (κ3) is 3.53. The molecule has 1 aliphatic heterocycles. The summed E-state index contributed by atoms with van der Waals surface area (Å²) in [4.78, 5) is 16.8. The van der Waals surface area contributed by atoms with Gasteiger partial charge in [0.05, 0.1) is 24.5 Å². The van der Waals surface area contributed by atoms with Crippen molar-refractivity contribution in [1.29, 1.82) is 0 Å². The molecule has 6 heteroatoms. The monoisotopic (exact) mass is 336 g/mol. The molecule has 0 bridgehead atoms. The van der Waals surface area contributed by atoms with Gasteiger partial charge in [-0.25, -0.2) is 0 Å². The molecule has 3 aromatic rings. The molecule has 2 aromatic heterocycles. The van der Waals surface area contributed by atoms with E-state index in [-0.39, 0.29) is 12.0 Å². The number of rotatable bonds is 4. The van der Waals surface area contributed by atoms with Gasteiger partial charge in [-0.05, 0) is 30.7 Å². The highest BCUT2D eigenvalue weighted by Crippen LogP contribution is 2.18. The highest BCUT2D eigenvalue weighted by molar-refractivity contribution is 6.11. The van der Waals surface area contributed by atoms with Crippen LogP contribution >= 0.6 is 0 Å². The Morgan fingerprint density at radius 3 is 3.08 bits per heavy atom. The summed E-state index contributed by atoms with van der Waals surface area (Å²) < 4.78 is 7.55. The van der Waals surface area contributed by atoms with Gasteiger partial charge in [0.25, 0.3) is 5.91 Å². The van der Waals surface area contributed by atoms with E-state index in [9.17, 15) is 4.79 Å². The Morgan fingerprint density at radius 2 is 2.20 bits per heavy atom. The Balaban J connectivity index is 1.47. The van der Waals surface area contributed by atoms with Gasteiger partial charge in [0.2, 0.25) is 0 Å². The molecule has 1 aliphatic rings. The second-order valence-electron chi connectivity index (χ2n) is 6.27. The van der Waals surface area contributed by atoms with Crippen LogP contribution in [0.1, 0.15) is 29.8 Å². The van der Waals surface area contributed by atoms with Gasteiger partial charge in [-0.15, -0.1) is 0 Å². The summed E-state index contributed by atoms with van der Waals surface area (Å²) in [6.07, 6.45) is 8.74. The van der Waals surface area contributed by atoms with Crippen molar-refractivity contribution < 1.29 is 9.53 Å². The normalized spacial score (nSPS) is 17.5.